The zero-order valence-corrected chi connectivity index (χ0v) is 22.0. The number of aliphatic hydroxyl groups excluding tert-OH is 1. The number of hydrogen-bond donors (Lipinski definition) is 3. The van der Waals surface area contributed by atoms with Crippen molar-refractivity contribution >= 4 is 34.0 Å². The summed E-state index contributed by atoms with van der Waals surface area (Å²) in [6.07, 6.45) is -1.04. The van der Waals surface area contributed by atoms with Crippen molar-refractivity contribution in [3.63, 3.8) is 0 Å². The summed E-state index contributed by atoms with van der Waals surface area (Å²) < 4.78 is 43.0. The van der Waals surface area contributed by atoms with Crippen LogP contribution in [0.25, 0.3) is 11.1 Å². The highest BCUT2D eigenvalue weighted by Gasteiger charge is 2.36. The highest BCUT2D eigenvalue weighted by atomic mass is 32.1. The Balaban J connectivity index is 1.81. The molecule has 1 fully saturated rings. The number of carboxylic acid groups (broad SMARTS) is 1. The van der Waals surface area contributed by atoms with Gasteiger partial charge in [0.15, 0.2) is 0 Å². The number of aromatic nitrogens is 2. The van der Waals surface area contributed by atoms with Gasteiger partial charge in [-0.05, 0) is 67.3 Å². The smallest absolute Gasteiger partial charge is 0.452 e. The Morgan fingerprint density at radius 1 is 1.16 bits per heavy atom. The number of carbonyl (C=O) groups is 1. The van der Waals surface area contributed by atoms with Crippen LogP contribution in [0.5, 0.6) is 0 Å². The first-order valence-corrected chi connectivity index (χ1v) is 13.4. The van der Waals surface area contributed by atoms with Crippen molar-refractivity contribution in [2.75, 3.05) is 16.8 Å². The van der Waals surface area contributed by atoms with Gasteiger partial charge in [0.2, 0.25) is 11.0 Å². The Bertz CT molecular complexity index is 1260. The van der Waals surface area contributed by atoms with Crippen molar-refractivity contribution in [3.8, 4) is 11.1 Å². The number of aliphatic hydroxyl groups is 1. The first kappa shape index (κ1) is 27.8. The van der Waals surface area contributed by atoms with Crippen LogP contribution in [0.2, 0.25) is 0 Å². The maximum absolute atomic E-state index is 13.2. The lowest BCUT2D eigenvalue weighted by molar-refractivity contribution is -0.144. The number of nitrogens with one attached hydrogen (secondary N) is 1. The van der Waals surface area contributed by atoms with Crippen LogP contribution in [-0.4, -0.2) is 44.2 Å². The Kier molecular flexibility index (Phi) is 8.57. The molecule has 1 heterocycles. The lowest BCUT2D eigenvalue weighted by Crippen LogP contribution is -2.38. The fourth-order valence-electron chi connectivity index (χ4n) is 4.89. The maximum Gasteiger partial charge on any atom is 0.452 e. The molecule has 4 rings (SSSR count). The number of anilines is 3. The van der Waals surface area contributed by atoms with E-state index in [2.05, 4.69) is 33.4 Å². The molecular weight excluding hydrogens is 517 g/mol. The molecule has 0 amide bonds. The average molecular weight is 549 g/mol. The van der Waals surface area contributed by atoms with Crippen LogP contribution in [0.4, 0.5) is 29.7 Å². The van der Waals surface area contributed by atoms with E-state index in [-0.39, 0.29) is 22.8 Å². The standard InChI is InChI=1S/C27H31F3N4O3S/c1-16(2)15-34(18-6-5-7-19(35)12-11-18)23-13-10-17(20-8-3-4-9-21(20)24(36)37)14-22(23)31-26-32-25(33-38-26)27(28,29)30/h3-4,8-10,13-14,16,18-19,35H,5-7,11-12,15H2,1-2H3,(H,36,37)(H,31,32,33)/t18-,19+/m1/s1. The largest absolute Gasteiger partial charge is 0.478 e. The van der Waals surface area contributed by atoms with E-state index in [4.69, 9.17) is 0 Å². The number of hydrogen-bond acceptors (Lipinski definition) is 7. The van der Waals surface area contributed by atoms with Gasteiger partial charge in [0.1, 0.15) is 0 Å². The topological polar surface area (TPSA) is 98.6 Å². The summed E-state index contributed by atoms with van der Waals surface area (Å²) in [6, 6.07) is 12.2. The van der Waals surface area contributed by atoms with Crippen LogP contribution in [0.1, 0.15) is 62.1 Å². The number of alkyl halides is 3. The Hall–Kier alpha value is -3.18. The van der Waals surface area contributed by atoms with Crippen molar-refractivity contribution in [1.29, 1.82) is 0 Å². The molecule has 3 aromatic rings. The van der Waals surface area contributed by atoms with E-state index in [0.29, 0.717) is 47.2 Å². The highest BCUT2D eigenvalue weighted by molar-refractivity contribution is 7.09. The van der Waals surface area contributed by atoms with Gasteiger partial charge in [-0.3, -0.25) is 0 Å². The van der Waals surface area contributed by atoms with Gasteiger partial charge in [0.05, 0.1) is 23.0 Å². The van der Waals surface area contributed by atoms with Gasteiger partial charge in [-0.2, -0.15) is 22.5 Å². The second kappa shape index (κ2) is 11.7. The molecule has 7 nitrogen and oxygen atoms in total. The molecule has 2 aromatic carbocycles. The normalized spacial score (nSPS) is 18.3. The predicted octanol–water partition coefficient (Wildman–Crippen LogP) is 6.82. The molecule has 0 radical (unpaired) electrons. The molecule has 1 aliphatic carbocycles. The molecule has 3 N–H and O–H groups in total. The summed E-state index contributed by atoms with van der Waals surface area (Å²) in [6.45, 7) is 4.90. The van der Waals surface area contributed by atoms with Gasteiger partial charge in [-0.15, -0.1) is 0 Å². The van der Waals surface area contributed by atoms with E-state index in [1.165, 1.54) is 6.07 Å². The van der Waals surface area contributed by atoms with Gasteiger partial charge in [-0.1, -0.05) is 38.1 Å². The van der Waals surface area contributed by atoms with Gasteiger partial charge in [0, 0.05) is 24.1 Å². The van der Waals surface area contributed by atoms with Crippen molar-refractivity contribution in [2.45, 2.75) is 64.3 Å². The fourth-order valence-corrected chi connectivity index (χ4v) is 5.49. The zero-order chi connectivity index (χ0) is 27.4. The summed E-state index contributed by atoms with van der Waals surface area (Å²) in [5.41, 5.74) is 2.52. The Labute approximate surface area is 223 Å². The second-order valence-electron chi connectivity index (χ2n) is 9.99. The monoisotopic (exact) mass is 548 g/mol. The van der Waals surface area contributed by atoms with Crippen molar-refractivity contribution in [3.05, 3.63) is 53.9 Å². The van der Waals surface area contributed by atoms with E-state index in [1.807, 2.05) is 12.1 Å². The molecule has 38 heavy (non-hydrogen) atoms. The van der Waals surface area contributed by atoms with Gasteiger partial charge in [0.25, 0.3) is 0 Å². The quantitative estimate of drug-likeness (QED) is 0.266. The first-order chi connectivity index (χ1) is 18.0. The maximum atomic E-state index is 13.2. The van der Waals surface area contributed by atoms with Crippen LogP contribution in [0.15, 0.2) is 42.5 Å². The summed E-state index contributed by atoms with van der Waals surface area (Å²) in [5, 5.41) is 22.9. The average Bonchev–Trinajstić information content (AvgIpc) is 3.24. The number of rotatable bonds is 8. The van der Waals surface area contributed by atoms with Crippen LogP contribution < -0.4 is 10.2 Å². The third kappa shape index (κ3) is 6.63. The van der Waals surface area contributed by atoms with Crippen molar-refractivity contribution in [1.82, 2.24) is 9.36 Å². The van der Waals surface area contributed by atoms with Crippen LogP contribution in [0.3, 0.4) is 0 Å². The Morgan fingerprint density at radius 3 is 2.61 bits per heavy atom. The van der Waals surface area contributed by atoms with Gasteiger partial charge < -0.3 is 20.4 Å². The van der Waals surface area contributed by atoms with Crippen LogP contribution in [0, 0.1) is 5.92 Å². The summed E-state index contributed by atoms with van der Waals surface area (Å²) >= 11 is 0.617. The van der Waals surface area contributed by atoms with E-state index in [0.717, 1.165) is 31.4 Å². The van der Waals surface area contributed by atoms with Crippen LogP contribution in [-0.2, 0) is 6.18 Å². The molecule has 0 spiro atoms. The number of aromatic carboxylic acids is 1. The molecule has 0 unspecified atom stereocenters. The van der Waals surface area contributed by atoms with E-state index in [1.54, 1.807) is 24.3 Å². The van der Waals surface area contributed by atoms with Crippen molar-refractivity contribution in [2.24, 2.45) is 5.92 Å². The second-order valence-corrected chi connectivity index (χ2v) is 10.7. The predicted molar refractivity (Wildman–Crippen MR) is 142 cm³/mol. The number of carboxylic acids is 1. The van der Waals surface area contributed by atoms with Crippen LogP contribution >= 0.6 is 11.5 Å². The molecule has 0 aliphatic heterocycles. The lowest BCUT2D eigenvalue weighted by atomic mass is 9.97. The van der Waals surface area contributed by atoms with Gasteiger partial charge in [-0.25, -0.2) is 4.79 Å². The molecule has 2 atom stereocenters. The first-order valence-electron chi connectivity index (χ1n) is 12.6. The minimum absolute atomic E-state index is 0.0111. The summed E-state index contributed by atoms with van der Waals surface area (Å²) in [7, 11) is 0. The number of nitrogens with zero attached hydrogens (tertiary/aromatic N) is 3. The molecule has 1 aromatic heterocycles. The third-order valence-corrected chi connectivity index (χ3v) is 7.24. The minimum Gasteiger partial charge on any atom is -0.478 e. The highest BCUT2D eigenvalue weighted by Crippen LogP contribution is 2.39. The van der Waals surface area contributed by atoms with Crippen molar-refractivity contribution < 1.29 is 28.2 Å². The third-order valence-electron chi connectivity index (χ3n) is 6.61. The molecule has 0 saturated heterocycles. The van der Waals surface area contributed by atoms with Gasteiger partial charge >= 0.3 is 12.1 Å². The minimum atomic E-state index is -4.66. The number of halogens is 3. The fraction of sp³-hybridized carbons (Fsp3) is 0.444. The van der Waals surface area contributed by atoms with E-state index in [9.17, 15) is 28.2 Å². The molecule has 1 aliphatic rings. The lowest BCUT2D eigenvalue weighted by Gasteiger charge is -2.36. The van der Waals surface area contributed by atoms with E-state index < -0.39 is 18.0 Å². The molecule has 204 valence electrons. The molecular formula is C27H31F3N4O3S. The zero-order valence-electron chi connectivity index (χ0n) is 21.2. The summed E-state index contributed by atoms with van der Waals surface area (Å²) in [5.74, 6) is -1.99. The van der Waals surface area contributed by atoms with E-state index >= 15 is 0 Å². The Morgan fingerprint density at radius 2 is 1.92 bits per heavy atom. The molecule has 0 bridgehead atoms. The molecule has 11 heteroatoms. The molecule has 1 saturated carbocycles. The SMILES string of the molecule is CC(C)CN(c1ccc(-c2ccccc2C(=O)O)cc1Nc1nc(C(F)(F)F)ns1)[C@@H]1CCC[C@H](O)CC1. The number of benzene rings is 2. The summed E-state index contributed by atoms with van der Waals surface area (Å²) in [4.78, 5) is 17.8.